The zero-order chi connectivity index (χ0) is 58.8. The molecule has 0 aliphatic carbocycles. The number of esters is 7. The third kappa shape index (κ3) is 15.8. The van der Waals surface area contributed by atoms with Crippen LogP contribution < -0.4 is 4.74 Å². The lowest BCUT2D eigenvalue weighted by molar-refractivity contribution is -0.283. The van der Waals surface area contributed by atoms with Crippen LogP contribution in [0, 0.1) is 58.7 Å². The standard InChI is InChI=1S/C56H84O22/c1-35-19-36(2)38(37(3)20-35)78-45(63)52(14,25-68-39(57)50(12,21-64-41(59)53(15)27-70-46(4,5)71-28-53)22-65-42(60)54(16)29-72-47(6,7)73-30-54)26-69-40(58)51(13,23-66-43(61)55(17)31-74-48(8,9)75-32-55)24-67-44(62)56(18)33-76-49(10,11)77-34-56/h19-20H,21-34H2,1-18H3. The summed E-state index contributed by atoms with van der Waals surface area (Å²) in [6.07, 6.45) is 0. The van der Waals surface area contributed by atoms with Crippen LogP contribution in [0.15, 0.2) is 12.1 Å². The van der Waals surface area contributed by atoms with Crippen molar-refractivity contribution in [2.45, 2.75) is 148 Å². The van der Waals surface area contributed by atoms with Gasteiger partial charge in [-0.05, 0) is 136 Å². The smallest absolute Gasteiger partial charge is 0.324 e. The van der Waals surface area contributed by atoms with Crippen molar-refractivity contribution in [3.8, 4) is 5.75 Å². The number of aryl methyl sites for hydroxylation is 3. The Bertz CT molecular complexity index is 2130. The van der Waals surface area contributed by atoms with E-state index in [0.717, 1.165) is 5.56 Å². The zero-order valence-corrected chi connectivity index (χ0v) is 49.0. The van der Waals surface area contributed by atoms with Crippen molar-refractivity contribution < 1.29 is 105 Å². The number of carbonyl (C=O) groups is 7. The van der Waals surface area contributed by atoms with Crippen LogP contribution in [0.4, 0.5) is 0 Å². The molecule has 440 valence electrons. The normalized spacial score (nSPS) is 21.9. The summed E-state index contributed by atoms with van der Waals surface area (Å²) in [4.78, 5) is 98.8. The molecule has 0 radical (unpaired) electrons. The maximum atomic E-state index is 14.7. The van der Waals surface area contributed by atoms with Crippen molar-refractivity contribution in [3.63, 3.8) is 0 Å². The van der Waals surface area contributed by atoms with Crippen LogP contribution in [0.5, 0.6) is 5.75 Å². The molecule has 22 heteroatoms. The van der Waals surface area contributed by atoms with Crippen molar-refractivity contribution in [3.05, 3.63) is 28.8 Å². The van der Waals surface area contributed by atoms with Crippen LogP contribution in [0.25, 0.3) is 0 Å². The highest BCUT2D eigenvalue weighted by Gasteiger charge is 2.52. The molecule has 0 aromatic heterocycles. The molecule has 0 unspecified atom stereocenters. The number of rotatable bonds is 20. The van der Waals surface area contributed by atoms with Crippen LogP contribution in [0.3, 0.4) is 0 Å². The zero-order valence-electron chi connectivity index (χ0n) is 49.0. The van der Waals surface area contributed by atoms with E-state index >= 15 is 0 Å². The molecule has 0 atom stereocenters. The highest BCUT2D eigenvalue weighted by Crippen LogP contribution is 2.38. The van der Waals surface area contributed by atoms with E-state index in [1.165, 1.54) is 20.8 Å². The molecule has 0 bridgehead atoms. The van der Waals surface area contributed by atoms with E-state index in [2.05, 4.69) is 0 Å². The third-order valence-electron chi connectivity index (χ3n) is 14.3. The Kier molecular flexibility index (Phi) is 19.2. The fraction of sp³-hybridized carbons (Fsp3) is 0.768. The van der Waals surface area contributed by atoms with Crippen molar-refractivity contribution in [2.75, 3.05) is 92.5 Å². The molecule has 4 fully saturated rings. The summed E-state index contributed by atoms with van der Waals surface area (Å²) < 4.78 is 86.9. The van der Waals surface area contributed by atoms with Gasteiger partial charge in [0.1, 0.15) is 83.3 Å². The van der Waals surface area contributed by atoms with Gasteiger partial charge in [0.25, 0.3) is 0 Å². The van der Waals surface area contributed by atoms with Crippen LogP contribution >= 0.6 is 0 Å². The highest BCUT2D eigenvalue weighted by molar-refractivity contribution is 5.84. The topological polar surface area (TPSA) is 258 Å². The van der Waals surface area contributed by atoms with Gasteiger partial charge >= 0.3 is 41.8 Å². The highest BCUT2D eigenvalue weighted by atomic mass is 16.7. The van der Waals surface area contributed by atoms with Gasteiger partial charge in [0.2, 0.25) is 0 Å². The first kappa shape index (κ1) is 64.0. The molecule has 1 aromatic rings. The summed E-state index contributed by atoms with van der Waals surface area (Å²) in [6.45, 7) is 24.2. The van der Waals surface area contributed by atoms with Gasteiger partial charge in [0.15, 0.2) is 23.1 Å². The number of ether oxygens (including phenoxy) is 15. The molecule has 0 N–H and O–H groups in total. The van der Waals surface area contributed by atoms with E-state index in [1.807, 2.05) is 6.92 Å². The number of hydrogen-bond acceptors (Lipinski definition) is 22. The molecule has 22 nitrogen and oxygen atoms in total. The molecule has 0 amide bonds. The third-order valence-corrected chi connectivity index (χ3v) is 14.3. The fourth-order valence-corrected chi connectivity index (χ4v) is 7.89. The molecule has 4 aliphatic rings. The predicted octanol–water partition coefficient (Wildman–Crippen LogP) is 5.95. The number of carbonyl (C=O) groups excluding carboxylic acids is 7. The van der Waals surface area contributed by atoms with Gasteiger partial charge in [-0.2, -0.15) is 0 Å². The van der Waals surface area contributed by atoms with Crippen molar-refractivity contribution in [1.29, 1.82) is 0 Å². The monoisotopic (exact) mass is 1110 g/mol. The molecule has 5 rings (SSSR count). The number of hydrogen-bond donors (Lipinski definition) is 0. The van der Waals surface area contributed by atoms with Crippen LogP contribution in [-0.2, 0) is 99.9 Å². The minimum Gasteiger partial charge on any atom is -0.464 e. The Hall–Kier alpha value is -4.81. The van der Waals surface area contributed by atoms with Gasteiger partial charge in [-0.25, -0.2) is 0 Å². The van der Waals surface area contributed by atoms with E-state index in [4.69, 9.17) is 71.1 Å². The molecule has 4 saturated heterocycles. The second kappa shape index (κ2) is 23.3. The Morgan fingerprint density at radius 1 is 0.372 bits per heavy atom. The predicted molar refractivity (Wildman–Crippen MR) is 273 cm³/mol. The quantitative estimate of drug-likeness (QED) is 0.0830. The molecule has 0 saturated carbocycles. The average Bonchev–Trinajstić information content (AvgIpc) is 3.36. The van der Waals surface area contributed by atoms with E-state index in [1.54, 1.807) is 109 Å². The van der Waals surface area contributed by atoms with Gasteiger partial charge in [-0.3, -0.25) is 33.6 Å². The Balaban J connectivity index is 1.43. The summed E-state index contributed by atoms with van der Waals surface area (Å²) in [5.74, 6) is -9.98. The summed E-state index contributed by atoms with van der Waals surface area (Å²) in [5.41, 5.74) is -9.00. The van der Waals surface area contributed by atoms with Crippen molar-refractivity contribution in [2.24, 2.45) is 37.9 Å². The molecule has 4 aliphatic heterocycles. The Morgan fingerprint density at radius 3 is 0.808 bits per heavy atom. The van der Waals surface area contributed by atoms with E-state index in [0.29, 0.717) is 11.1 Å². The first-order chi connectivity index (χ1) is 35.6. The lowest BCUT2D eigenvalue weighted by Crippen LogP contribution is -2.52. The van der Waals surface area contributed by atoms with Crippen LogP contribution in [-0.4, -0.2) is 157 Å². The van der Waals surface area contributed by atoms with Crippen LogP contribution in [0.2, 0.25) is 0 Å². The van der Waals surface area contributed by atoms with E-state index in [9.17, 15) is 33.6 Å². The minimum absolute atomic E-state index is 0.0731. The number of benzene rings is 1. The van der Waals surface area contributed by atoms with Gasteiger partial charge in [0.05, 0.1) is 52.9 Å². The second-order valence-electron chi connectivity index (χ2n) is 25.4. The van der Waals surface area contributed by atoms with Crippen molar-refractivity contribution in [1.82, 2.24) is 0 Å². The molecule has 4 heterocycles. The van der Waals surface area contributed by atoms with Gasteiger partial charge in [-0.15, -0.1) is 0 Å². The van der Waals surface area contributed by atoms with E-state index < -0.39 is 142 Å². The molecular weight excluding hydrogens is 1020 g/mol. The largest absolute Gasteiger partial charge is 0.464 e. The SMILES string of the molecule is Cc1cc(C)c(OC(=O)C(C)(COC(=O)C(C)(COC(=O)C2(C)COC(C)(C)OC2)COC(=O)C2(C)COC(C)(C)OC2)COC(=O)C(C)(COC(=O)C2(C)COC(C)(C)OC2)COC(=O)C2(C)COC(C)(C)OC2)c(C)c1. The fourth-order valence-electron chi connectivity index (χ4n) is 7.89. The first-order valence-corrected chi connectivity index (χ1v) is 26.1. The summed E-state index contributed by atoms with van der Waals surface area (Å²) in [6, 6.07) is 3.60. The summed E-state index contributed by atoms with van der Waals surface area (Å²) >= 11 is 0. The Labute approximate surface area is 457 Å². The summed E-state index contributed by atoms with van der Waals surface area (Å²) in [5, 5.41) is 0. The lowest BCUT2D eigenvalue weighted by atomic mass is 9.89. The average molecular weight is 1110 g/mol. The summed E-state index contributed by atoms with van der Waals surface area (Å²) in [7, 11) is 0. The van der Waals surface area contributed by atoms with Gasteiger partial charge < -0.3 is 71.1 Å². The molecular formula is C56H84O22. The maximum Gasteiger partial charge on any atom is 0.324 e. The molecule has 1 aromatic carbocycles. The minimum atomic E-state index is -2.03. The second-order valence-corrected chi connectivity index (χ2v) is 25.4. The van der Waals surface area contributed by atoms with Gasteiger partial charge in [-0.1, -0.05) is 17.7 Å². The molecule has 78 heavy (non-hydrogen) atoms. The Morgan fingerprint density at radius 2 is 0.577 bits per heavy atom. The van der Waals surface area contributed by atoms with E-state index in [-0.39, 0.29) is 58.6 Å². The maximum absolute atomic E-state index is 14.7. The lowest BCUT2D eigenvalue weighted by Gasteiger charge is -2.41. The first-order valence-electron chi connectivity index (χ1n) is 26.1. The van der Waals surface area contributed by atoms with Gasteiger partial charge in [0, 0.05) is 0 Å². The van der Waals surface area contributed by atoms with Crippen LogP contribution in [0.1, 0.15) is 121 Å². The van der Waals surface area contributed by atoms with Crippen molar-refractivity contribution >= 4 is 41.8 Å². The molecule has 0 spiro atoms.